The fraction of sp³-hybridized carbons (Fsp3) is 0.571. The molecule has 1 unspecified atom stereocenters. The van der Waals surface area contributed by atoms with Crippen LogP contribution in [0.15, 0.2) is 23.8 Å². The van der Waals surface area contributed by atoms with Crippen LogP contribution in [0.4, 0.5) is 0 Å². The third-order valence-electron chi connectivity index (χ3n) is 2.22. The number of hydrogen-bond donors (Lipinski definition) is 0. The van der Waals surface area contributed by atoms with Crippen LogP contribution >= 0.6 is 0 Å². The molecule has 0 aliphatic carbocycles. The maximum atomic E-state index is 10.8. The van der Waals surface area contributed by atoms with Crippen molar-refractivity contribution in [3.8, 4) is 0 Å². The van der Waals surface area contributed by atoms with Crippen LogP contribution in [-0.4, -0.2) is 38.4 Å². The Morgan fingerprint density at radius 1 is 1.37 bits per heavy atom. The highest BCUT2D eigenvalue weighted by molar-refractivity contribution is 5.87. The second kappa shape index (κ2) is 9.33. The molecular formula is C14H22O5. The van der Waals surface area contributed by atoms with Gasteiger partial charge in [0, 0.05) is 11.1 Å². The van der Waals surface area contributed by atoms with Crippen molar-refractivity contribution in [2.24, 2.45) is 0 Å². The van der Waals surface area contributed by atoms with Crippen LogP contribution in [0.5, 0.6) is 0 Å². The van der Waals surface area contributed by atoms with Gasteiger partial charge in [0.2, 0.25) is 0 Å². The molecule has 1 atom stereocenters. The lowest BCUT2D eigenvalue weighted by molar-refractivity contribution is -0.138. The largest absolute Gasteiger partial charge is 0.466 e. The Bertz CT molecular complexity index is 353. The Kier molecular flexibility index (Phi) is 8.53. The number of methoxy groups -OCH3 is 1. The zero-order valence-corrected chi connectivity index (χ0v) is 12.0. The van der Waals surface area contributed by atoms with Crippen LogP contribution in [0, 0.1) is 0 Å². The molecule has 0 bridgehead atoms. The normalized spacial score (nSPS) is 16.8. The molecule has 1 saturated heterocycles. The van der Waals surface area contributed by atoms with Crippen LogP contribution in [0.3, 0.4) is 0 Å². The number of carbonyl (C=O) groups is 2. The van der Waals surface area contributed by atoms with Gasteiger partial charge < -0.3 is 14.2 Å². The van der Waals surface area contributed by atoms with Crippen molar-refractivity contribution in [3.05, 3.63) is 23.8 Å². The second-order valence-corrected chi connectivity index (χ2v) is 4.07. The number of esters is 2. The van der Waals surface area contributed by atoms with Crippen LogP contribution in [0.25, 0.3) is 0 Å². The number of ether oxygens (including phenoxy) is 3. The van der Waals surface area contributed by atoms with E-state index in [9.17, 15) is 9.59 Å². The molecule has 0 aromatic heterocycles. The molecule has 1 aliphatic rings. The van der Waals surface area contributed by atoms with Gasteiger partial charge in [0.15, 0.2) is 0 Å². The van der Waals surface area contributed by atoms with Crippen molar-refractivity contribution in [3.63, 3.8) is 0 Å². The van der Waals surface area contributed by atoms with Crippen molar-refractivity contribution < 1.29 is 23.8 Å². The first-order chi connectivity index (χ1) is 8.92. The lowest BCUT2D eigenvalue weighted by Gasteiger charge is -1.96. The minimum atomic E-state index is -0.312. The van der Waals surface area contributed by atoms with E-state index < -0.39 is 0 Å². The average Bonchev–Trinajstić information content (AvgIpc) is 3.20. The maximum absolute atomic E-state index is 10.8. The van der Waals surface area contributed by atoms with Crippen molar-refractivity contribution in [1.82, 2.24) is 0 Å². The first kappa shape index (κ1) is 17.4. The predicted molar refractivity (Wildman–Crippen MR) is 71.6 cm³/mol. The zero-order chi connectivity index (χ0) is 14.8. The fourth-order valence-corrected chi connectivity index (χ4v) is 1.01. The smallest absolute Gasteiger partial charge is 0.333 e. The third kappa shape index (κ3) is 9.02. The summed E-state index contributed by atoms with van der Waals surface area (Å²) in [6.45, 7) is 9.78. The summed E-state index contributed by atoms with van der Waals surface area (Å²) in [6.07, 6.45) is 3.01. The molecule has 1 aliphatic heterocycles. The lowest BCUT2D eigenvalue weighted by Crippen LogP contribution is -2.03. The summed E-state index contributed by atoms with van der Waals surface area (Å²) in [7, 11) is 1.38. The van der Waals surface area contributed by atoms with Crippen LogP contribution in [-0.2, 0) is 23.8 Å². The fourth-order valence-electron chi connectivity index (χ4n) is 1.01. The molecule has 0 aromatic rings. The van der Waals surface area contributed by atoms with Gasteiger partial charge in [-0.1, -0.05) is 12.7 Å². The SMILES string of the molecule is C=C(C)C(=O)OCC.COC(=O)C(C)=CCC1CO1. The number of rotatable bonds is 5. The molecule has 19 heavy (non-hydrogen) atoms. The van der Waals surface area contributed by atoms with Gasteiger partial charge in [-0.3, -0.25) is 0 Å². The minimum Gasteiger partial charge on any atom is -0.466 e. The van der Waals surface area contributed by atoms with E-state index in [4.69, 9.17) is 4.74 Å². The number of epoxide rings is 1. The monoisotopic (exact) mass is 270 g/mol. The number of hydrogen-bond acceptors (Lipinski definition) is 5. The molecule has 1 heterocycles. The van der Waals surface area contributed by atoms with Gasteiger partial charge in [-0.15, -0.1) is 0 Å². The highest BCUT2D eigenvalue weighted by Gasteiger charge is 2.20. The second-order valence-electron chi connectivity index (χ2n) is 4.07. The summed E-state index contributed by atoms with van der Waals surface area (Å²) in [4.78, 5) is 21.2. The Morgan fingerprint density at radius 2 is 1.95 bits per heavy atom. The van der Waals surface area contributed by atoms with Crippen LogP contribution < -0.4 is 0 Å². The van der Waals surface area contributed by atoms with E-state index in [-0.39, 0.29) is 11.9 Å². The molecule has 1 rings (SSSR count). The van der Waals surface area contributed by atoms with Gasteiger partial charge in [0.25, 0.3) is 0 Å². The predicted octanol–water partition coefficient (Wildman–Crippen LogP) is 2.02. The van der Waals surface area contributed by atoms with Gasteiger partial charge in [0.1, 0.15) is 0 Å². The van der Waals surface area contributed by atoms with Crippen molar-refractivity contribution in [2.75, 3.05) is 20.3 Å². The van der Waals surface area contributed by atoms with Crippen molar-refractivity contribution in [2.45, 2.75) is 33.3 Å². The van der Waals surface area contributed by atoms with E-state index in [2.05, 4.69) is 16.1 Å². The Morgan fingerprint density at radius 3 is 2.26 bits per heavy atom. The zero-order valence-electron chi connectivity index (χ0n) is 12.0. The molecule has 108 valence electrons. The van der Waals surface area contributed by atoms with E-state index in [1.807, 2.05) is 6.08 Å². The Balaban J connectivity index is 0.000000362. The molecular weight excluding hydrogens is 248 g/mol. The average molecular weight is 270 g/mol. The van der Waals surface area contributed by atoms with E-state index in [0.29, 0.717) is 23.9 Å². The van der Waals surface area contributed by atoms with Gasteiger partial charge in [-0.2, -0.15) is 0 Å². The molecule has 0 aromatic carbocycles. The molecule has 0 spiro atoms. The standard InChI is InChI=1S/C8H12O3.C6H10O2/c1-6(8(9)10-2)3-4-7-5-11-7;1-4-8-6(7)5(2)3/h3,7H,4-5H2,1-2H3;2,4H2,1,3H3. The summed E-state index contributed by atoms with van der Waals surface area (Å²) in [6, 6.07) is 0. The molecule has 0 saturated carbocycles. The van der Waals surface area contributed by atoms with Crippen molar-refractivity contribution in [1.29, 1.82) is 0 Å². The Hall–Kier alpha value is -1.62. The van der Waals surface area contributed by atoms with Crippen molar-refractivity contribution >= 4 is 11.9 Å². The van der Waals surface area contributed by atoms with Gasteiger partial charge in [0.05, 0.1) is 26.4 Å². The van der Waals surface area contributed by atoms with E-state index in [0.717, 1.165) is 13.0 Å². The summed E-state index contributed by atoms with van der Waals surface area (Å²) >= 11 is 0. The molecule has 0 amide bonds. The summed E-state index contributed by atoms with van der Waals surface area (Å²) < 4.78 is 14.1. The quantitative estimate of drug-likeness (QED) is 0.434. The van der Waals surface area contributed by atoms with Gasteiger partial charge >= 0.3 is 11.9 Å². The maximum Gasteiger partial charge on any atom is 0.333 e. The molecule has 1 fully saturated rings. The summed E-state index contributed by atoms with van der Waals surface area (Å²) in [5.41, 5.74) is 1.11. The molecule has 5 heteroatoms. The summed E-state index contributed by atoms with van der Waals surface area (Å²) in [5, 5.41) is 0. The molecule has 0 N–H and O–H groups in total. The van der Waals surface area contributed by atoms with Gasteiger partial charge in [-0.05, 0) is 27.2 Å². The number of carbonyl (C=O) groups excluding carboxylic acids is 2. The van der Waals surface area contributed by atoms with E-state index in [1.54, 1.807) is 20.8 Å². The molecule has 0 radical (unpaired) electrons. The Labute approximate surface area is 114 Å². The van der Waals surface area contributed by atoms with Crippen LogP contribution in [0.1, 0.15) is 27.2 Å². The first-order valence-corrected chi connectivity index (χ1v) is 6.11. The third-order valence-corrected chi connectivity index (χ3v) is 2.22. The van der Waals surface area contributed by atoms with E-state index in [1.165, 1.54) is 7.11 Å². The topological polar surface area (TPSA) is 65.1 Å². The van der Waals surface area contributed by atoms with Crippen LogP contribution in [0.2, 0.25) is 0 Å². The highest BCUT2D eigenvalue weighted by Crippen LogP contribution is 2.14. The minimum absolute atomic E-state index is 0.259. The van der Waals surface area contributed by atoms with Gasteiger partial charge in [-0.25, -0.2) is 9.59 Å². The first-order valence-electron chi connectivity index (χ1n) is 6.11. The highest BCUT2D eigenvalue weighted by atomic mass is 16.6. The summed E-state index contributed by atoms with van der Waals surface area (Å²) in [5.74, 6) is -0.571. The lowest BCUT2D eigenvalue weighted by atomic mass is 10.2. The molecule has 5 nitrogen and oxygen atoms in total. The van der Waals surface area contributed by atoms with E-state index >= 15 is 0 Å².